The molecule has 1 fully saturated rings. The van der Waals surface area contributed by atoms with E-state index in [0.717, 1.165) is 37.2 Å². The van der Waals surface area contributed by atoms with Crippen LogP contribution in [-0.4, -0.2) is 49.8 Å². The fraction of sp³-hybridized carbons (Fsp3) is 0.611. The predicted molar refractivity (Wildman–Crippen MR) is 90.6 cm³/mol. The number of rotatable bonds is 6. The van der Waals surface area contributed by atoms with E-state index in [1.165, 1.54) is 5.56 Å². The zero-order valence-corrected chi connectivity index (χ0v) is 14.4. The van der Waals surface area contributed by atoms with Gasteiger partial charge in [-0.1, -0.05) is 12.1 Å². The molecule has 2 N–H and O–H groups in total. The van der Waals surface area contributed by atoms with Crippen LogP contribution in [0.3, 0.4) is 0 Å². The molecule has 0 bridgehead atoms. The number of likely N-dealkylation sites (tertiary alicyclic amines) is 1. The van der Waals surface area contributed by atoms with Crippen molar-refractivity contribution >= 4 is 5.91 Å². The van der Waals surface area contributed by atoms with E-state index in [-0.39, 0.29) is 18.1 Å². The summed E-state index contributed by atoms with van der Waals surface area (Å²) in [4.78, 5) is 14.1. The lowest BCUT2D eigenvalue weighted by Crippen LogP contribution is -2.43. The molecule has 23 heavy (non-hydrogen) atoms. The fourth-order valence-corrected chi connectivity index (χ4v) is 2.82. The first-order valence-electron chi connectivity index (χ1n) is 8.28. The number of piperidine rings is 1. The van der Waals surface area contributed by atoms with Crippen molar-refractivity contribution in [3.8, 4) is 5.75 Å². The average Bonchev–Trinajstić information content (AvgIpc) is 2.56. The van der Waals surface area contributed by atoms with Gasteiger partial charge in [0.2, 0.25) is 5.91 Å². The van der Waals surface area contributed by atoms with Crippen LogP contribution >= 0.6 is 0 Å². The summed E-state index contributed by atoms with van der Waals surface area (Å²) in [6.07, 6.45) is 2.06. The molecular formula is C18H28N2O3. The van der Waals surface area contributed by atoms with Crippen LogP contribution in [0.1, 0.15) is 30.4 Å². The summed E-state index contributed by atoms with van der Waals surface area (Å²) in [6, 6.07) is 6.26. The Morgan fingerprint density at radius 1 is 1.35 bits per heavy atom. The molecule has 1 aliphatic heterocycles. The van der Waals surface area contributed by atoms with Crippen molar-refractivity contribution in [3.05, 3.63) is 29.3 Å². The highest BCUT2D eigenvalue weighted by molar-refractivity contribution is 5.76. The van der Waals surface area contributed by atoms with Gasteiger partial charge in [-0.15, -0.1) is 0 Å². The second-order valence-electron chi connectivity index (χ2n) is 6.26. The SMILES string of the molecule is COC(CN)CC(=O)N1CCC(Oc2cc(C)ccc2C)CC1. The standard InChI is InChI=1S/C18H28N2O3/c1-13-4-5-14(2)17(10-13)23-15-6-8-20(9-7-15)18(21)11-16(12-19)22-3/h4-5,10,15-16H,6-9,11-12,19H2,1-3H3. The van der Waals surface area contributed by atoms with Gasteiger partial charge in [0, 0.05) is 39.6 Å². The third kappa shape index (κ3) is 4.94. The van der Waals surface area contributed by atoms with Crippen molar-refractivity contribution in [1.82, 2.24) is 4.90 Å². The summed E-state index contributed by atoms with van der Waals surface area (Å²) < 4.78 is 11.3. The second kappa shape index (κ2) is 8.31. The van der Waals surface area contributed by atoms with Gasteiger partial charge >= 0.3 is 0 Å². The van der Waals surface area contributed by atoms with E-state index in [0.29, 0.717) is 13.0 Å². The summed E-state index contributed by atoms with van der Waals surface area (Å²) in [5.41, 5.74) is 7.93. The molecule has 0 spiro atoms. The normalized spacial score (nSPS) is 17.1. The Morgan fingerprint density at radius 2 is 2.04 bits per heavy atom. The smallest absolute Gasteiger partial charge is 0.225 e. The van der Waals surface area contributed by atoms with Gasteiger partial charge in [-0.05, 0) is 31.0 Å². The fourth-order valence-electron chi connectivity index (χ4n) is 2.82. The van der Waals surface area contributed by atoms with E-state index >= 15 is 0 Å². The van der Waals surface area contributed by atoms with Crippen LogP contribution in [0.4, 0.5) is 0 Å². The number of amides is 1. The molecule has 1 unspecified atom stereocenters. The highest BCUT2D eigenvalue weighted by atomic mass is 16.5. The maximum Gasteiger partial charge on any atom is 0.225 e. The molecule has 1 heterocycles. The first kappa shape index (κ1) is 17.8. The lowest BCUT2D eigenvalue weighted by molar-refractivity contribution is -0.135. The molecule has 0 radical (unpaired) electrons. The minimum Gasteiger partial charge on any atom is -0.490 e. The van der Waals surface area contributed by atoms with Gasteiger partial charge in [0.05, 0.1) is 12.5 Å². The molecule has 5 nitrogen and oxygen atoms in total. The summed E-state index contributed by atoms with van der Waals surface area (Å²) in [5, 5.41) is 0. The number of methoxy groups -OCH3 is 1. The van der Waals surface area contributed by atoms with Crippen molar-refractivity contribution in [1.29, 1.82) is 0 Å². The van der Waals surface area contributed by atoms with Crippen molar-refractivity contribution in [3.63, 3.8) is 0 Å². The maximum absolute atomic E-state index is 12.2. The van der Waals surface area contributed by atoms with Gasteiger partial charge < -0.3 is 20.1 Å². The van der Waals surface area contributed by atoms with Crippen LogP contribution in [0, 0.1) is 13.8 Å². The van der Waals surface area contributed by atoms with E-state index < -0.39 is 0 Å². The molecule has 1 aliphatic rings. The van der Waals surface area contributed by atoms with Gasteiger partial charge in [0.15, 0.2) is 0 Å². The molecule has 0 saturated carbocycles. The Bertz CT molecular complexity index is 521. The highest BCUT2D eigenvalue weighted by Gasteiger charge is 2.25. The first-order chi connectivity index (χ1) is 11.0. The van der Waals surface area contributed by atoms with Crippen LogP contribution in [-0.2, 0) is 9.53 Å². The molecular weight excluding hydrogens is 292 g/mol. The summed E-state index contributed by atoms with van der Waals surface area (Å²) in [6.45, 7) is 5.96. The average molecular weight is 320 g/mol. The van der Waals surface area contributed by atoms with Crippen LogP contribution in [0.5, 0.6) is 5.75 Å². The molecule has 1 amide bonds. The Labute approximate surface area is 138 Å². The molecule has 0 aliphatic carbocycles. The number of hydrogen-bond acceptors (Lipinski definition) is 4. The lowest BCUT2D eigenvalue weighted by atomic mass is 10.1. The zero-order valence-electron chi connectivity index (χ0n) is 14.4. The Morgan fingerprint density at radius 3 is 2.65 bits per heavy atom. The number of carbonyl (C=O) groups is 1. The lowest BCUT2D eigenvalue weighted by Gasteiger charge is -2.33. The van der Waals surface area contributed by atoms with Crippen molar-refractivity contribution < 1.29 is 14.3 Å². The molecule has 5 heteroatoms. The molecule has 1 aromatic rings. The minimum atomic E-state index is -0.189. The molecule has 1 atom stereocenters. The largest absolute Gasteiger partial charge is 0.490 e. The maximum atomic E-state index is 12.2. The van der Waals surface area contributed by atoms with Gasteiger partial charge in [-0.2, -0.15) is 0 Å². The Balaban J connectivity index is 1.84. The van der Waals surface area contributed by atoms with Crippen molar-refractivity contribution in [2.45, 2.75) is 45.3 Å². The minimum absolute atomic E-state index is 0.118. The summed E-state index contributed by atoms with van der Waals surface area (Å²) in [5.74, 6) is 1.07. The van der Waals surface area contributed by atoms with Crippen LogP contribution < -0.4 is 10.5 Å². The number of benzene rings is 1. The molecule has 1 aromatic carbocycles. The van der Waals surface area contributed by atoms with Crippen molar-refractivity contribution in [2.75, 3.05) is 26.7 Å². The van der Waals surface area contributed by atoms with E-state index in [1.807, 2.05) is 4.90 Å². The van der Waals surface area contributed by atoms with Crippen LogP contribution in [0.25, 0.3) is 0 Å². The number of aryl methyl sites for hydroxylation is 2. The second-order valence-corrected chi connectivity index (χ2v) is 6.26. The summed E-state index contributed by atoms with van der Waals surface area (Å²) >= 11 is 0. The van der Waals surface area contributed by atoms with Gasteiger partial charge in [-0.3, -0.25) is 4.79 Å². The summed E-state index contributed by atoms with van der Waals surface area (Å²) in [7, 11) is 1.59. The van der Waals surface area contributed by atoms with Crippen molar-refractivity contribution in [2.24, 2.45) is 5.73 Å². The molecule has 2 rings (SSSR count). The number of carbonyl (C=O) groups excluding carboxylic acids is 1. The highest BCUT2D eigenvalue weighted by Crippen LogP contribution is 2.24. The Kier molecular flexibility index (Phi) is 6.42. The van der Waals surface area contributed by atoms with Crippen LogP contribution in [0.15, 0.2) is 18.2 Å². The number of ether oxygens (including phenoxy) is 2. The van der Waals surface area contributed by atoms with E-state index in [2.05, 4.69) is 32.0 Å². The van der Waals surface area contributed by atoms with E-state index in [1.54, 1.807) is 7.11 Å². The monoisotopic (exact) mass is 320 g/mol. The molecule has 0 aromatic heterocycles. The van der Waals surface area contributed by atoms with E-state index in [4.69, 9.17) is 15.2 Å². The first-order valence-corrected chi connectivity index (χ1v) is 8.28. The molecule has 1 saturated heterocycles. The van der Waals surface area contributed by atoms with Crippen LogP contribution in [0.2, 0.25) is 0 Å². The Hall–Kier alpha value is -1.59. The number of hydrogen-bond donors (Lipinski definition) is 1. The number of nitrogens with two attached hydrogens (primary N) is 1. The van der Waals surface area contributed by atoms with Gasteiger partial charge in [0.1, 0.15) is 11.9 Å². The number of nitrogens with zero attached hydrogens (tertiary/aromatic N) is 1. The topological polar surface area (TPSA) is 64.8 Å². The van der Waals surface area contributed by atoms with Gasteiger partial charge in [-0.25, -0.2) is 0 Å². The molecule has 128 valence electrons. The quantitative estimate of drug-likeness (QED) is 0.871. The third-order valence-corrected chi connectivity index (χ3v) is 4.43. The van der Waals surface area contributed by atoms with Gasteiger partial charge in [0.25, 0.3) is 0 Å². The van der Waals surface area contributed by atoms with E-state index in [9.17, 15) is 4.79 Å². The zero-order chi connectivity index (χ0) is 16.8. The third-order valence-electron chi connectivity index (χ3n) is 4.43. The predicted octanol–water partition coefficient (Wildman–Crippen LogP) is 2.04.